The SMILES string of the molecule is C#Cc1cnc(NS(=O)(=O)c2cccc3c(N(C)C)cccc23)c(OC)n1. The highest BCUT2D eigenvalue weighted by Crippen LogP contribution is 2.31. The predicted molar refractivity (Wildman–Crippen MR) is 106 cm³/mol. The third-order valence-corrected chi connectivity index (χ3v) is 5.34. The van der Waals surface area contributed by atoms with Gasteiger partial charge in [0.15, 0.2) is 0 Å². The van der Waals surface area contributed by atoms with E-state index in [1.54, 1.807) is 18.2 Å². The molecule has 27 heavy (non-hydrogen) atoms. The zero-order chi connectivity index (χ0) is 19.6. The van der Waals surface area contributed by atoms with Crippen LogP contribution in [0.15, 0.2) is 47.5 Å². The Morgan fingerprint density at radius 1 is 1.15 bits per heavy atom. The molecule has 2 aromatic carbocycles. The van der Waals surface area contributed by atoms with Gasteiger partial charge in [-0.05, 0) is 18.1 Å². The van der Waals surface area contributed by atoms with E-state index in [0.717, 1.165) is 11.1 Å². The van der Waals surface area contributed by atoms with Gasteiger partial charge in [-0.15, -0.1) is 6.42 Å². The second kappa shape index (κ2) is 7.13. The van der Waals surface area contributed by atoms with Gasteiger partial charge in [0.2, 0.25) is 5.82 Å². The summed E-state index contributed by atoms with van der Waals surface area (Å²) in [5.41, 5.74) is 1.16. The molecule has 0 aliphatic rings. The van der Waals surface area contributed by atoms with Crippen molar-refractivity contribution in [1.82, 2.24) is 9.97 Å². The van der Waals surface area contributed by atoms with Crippen LogP contribution in [-0.4, -0.2) is 39.6 Å². The maximum absolute atomic E-state index is 13.0. The summed E-state index contributed by atoms with van der Waals surface area (Å²) >= 11 is 0. The van der Waals surface area contributed by atoms with Crippen molar-refractivity contribution in [2.45, 2.75) is 4.90 Å². The molecule has 0 spiro atoms. The summed E-state index contributed by atoms with van der Waals surface area (Å²) in [6.07, 6.45) is 6.59. The Bertz CT molecular complexity index is 1150. The Morgan fingerprint density at radius 3 is 2.52 bits per heavy atom. The summed E-state index contributed by atoms with van der Waals surface area (Å²) in [6, 6.07) is 10.6. The van der Waals surface area contributed by atoms with Gasteiger partial charge in [-0.2, -0.15) is 4.98 Å². The highest BCUT2D eigenvalue weighted by molar-refractivity contribution is 7.93. The van der Waals surface area contributed by atoms with E-state index in [1.807, 2.05) is 37.2 Å². The highest BCUT2D eigenvalue weighted by Gasteiger charge is 2.21. The third-order valence-electron chi connectivity index (χ3n) is 3.94. The fourth-order valence-electron chi connectivity index (χ4n) is 2.73. The van der Waals surface area contributed by atoms with Crippen molar-refractivity contribution in [2.24, 2.45) is 0 Å². The van der Waals surface area contributed by atoms with Gasteiger partial charge in [-0.1, -0.05) is 24.3 Å². The topological polar surface area (TPSA) is 84.4 Å². The Kier molecular flexibility index (Phi) is 4.88. The molecule has 1 N–H and O–H groups in total. The molecule has 1 aromatic heterocycles. The number of hydrogen-bond donors (Lipinski definition) is 1. The summed E-state index contributed by atoms with van der Waals surface area (Å²) in [5, 5.41) is 1.43. The molecular weight excluding hydrogens is 364 g/mol. The third kappa shape index (κ3) is 3.50. The van der Waals surface area contributed by atoms with Gasteiger partial charge in [0, 0.05) is 30.6 Å². The molecule has 0 atom stereocenters. The van der Waals surface area contributed by atoms with Crippen LogP contribution in [-0.2, 0) is 10.0 Å². The Labute approximate surface area is 158 Å². The zero-order valence-corrected chi connectivity index (χ0v) is 15.9. The molecule has 3 aromatic rings. The molecule has 0 amide bonds. The second-order valence-corrected chi connectivity index (χ2v) is 7.54. The standard InChI is InChI=1S/C19H18N4O3S/c1-5-13-12-20-18(19(21-13)26-4)22-27(24,25)17-11-7-8-14-15(17)9-6-10-16(14)23(2)3/h1,6-12H,2-4H3,(H,20,22). The molecule has 0 saturated heterocycles. The number of hydrogen-bond acceptors (Lipinski definition) is 6. The van der Waals surface area contributed by atoms with Crippen molar-refractivity contribution in [3.8, 4) is 18.2 Å². The molecule has 0 aliphatic carbocycles. The van der Waals surface area contributed by atoms with Gasteiger partial charge < -0.3 is 9.64 Å². The molecule has 0 saturated carbocycles. The maximum Gasteiger partial charge on any atom is 0.263 e. The maximum atomic E-state index is 13.0. The zero-order valence-electron chi connectivity index (χ0n) is 15.1. The van der Waals surface area contributed by atoms with E-state index in [9.17, 15) is 8.42 Å². The van der Waals surface area contributed by atoms with Crippen molar-refractivity contribution in [3.63, 3.8) is 0 Å². The molecule has 0 unspecified atom stereocenters. The first-order chi connectivity index (χ1) is 12.9. The van der Waals surface area contributed by atoms with Crippen LogP contribution in [0.5, 0.6) is 5.88 Å². The lowest BCUT2D eigenvalue weighted by Crippen LogP contribution is -2.16. The quantitative estimate of drug-likeness (QED) is 0.683. The van der Waals surface area contributed by atoms with E-state index in [1.165, 1.54) is 13.3 Å². The fraction of sp³-hybridized carbons (Fsp3) is 0.158. The van der Waals surface area contributed by atoms with Crippen LogP contribution in [0.2, 0.25) is 0 Å². The second-order valence-electron chi connectivity index (χ2n) is 5.89. The lowest BCUT2D eigenvalue weighted by molar-refractivity contribution is 0.398. The number of methoxy groups -OCH3 is 1. The average Bonchev–Trinajstić information content (AvgIpc) is 2.66. The van der Waals surface area contributed by atoms with Crippen LogP contribution in [0.25, 0.3) is 10.8 Å². The van der Waals surface area contributed by atoms with Crippen LogP contribution >= 0.6 is 0 Å². The van der Waals surface area contributed by atoms with Crippen molar-refractivity contribution < 1.29 is 13.2 Å². The predicted octanol–water partition coefficient (Wildman–Crippen LogP) is 2.49. The van der Waals surface area contributed by atoms with Crippen LogP contribution < -0.4 is 14.4 Å². The number of fused-ring (bicyclic) bond motifs is 1. The summed E-state index contributed by atoms with van der Waals surface area (Å²) in [5.74, 6) is 2.30. The van der Waals surface area contributed by atoms with Crippen LogP contribution in [0.1, 0.15) is 5.69 Å². The normalized spacial score (nSPS) is 11.0. The number of rotatable bonds is 5. The van der Waals surface area contributed by atoms with E-state index in [0.29, 0.717) is 5.39 Å². The number of anilines is 2. The Hall–Kier alpha value is -3.31. The smallest absolute Gasteiger partial charge is 0.263 e. The van der Waals surface area contributed by atoms with Crippen molar-refractivity contribution in [1.29, 1.82) is 0 Å². The minimum Gasteiger partial charge on any atom is -0.478 e. The van der Waals surface area contributed by atoms with Crippen molar-refractivity contribution in [2.75, 3.05) is 30.8 Å². The number of nitrogens with zero attached hydrogens (tertiary/aromatic N) is 3. The number of nitrogens with one attached hydrogen (secondary N) is 1. The van der Waals surface area contributed by atoms with Gasteiger partial charge in [0.25, 0.3) is 15.9 Å². The number of sulfonamides is 1. The van der Waals surface area contributed by atoms with Crippen molar-refractivity contribution >= 4 is 32.3 Å². The van der Waals surface area contributed by atoms with E-state index >= 15 is 0 Å². The van der Waals surface area contributed by atoms with E-state index in [-0.39, 0.29) is 22.3 Å². The summed E-state index contributed by atoms with van der Waals surface area (Å²) in [4.78, 5) is 10.1. The van der Waals surface area contributed by atoms with E-state index in [2.05, 4.69) is 20.6 Å². The van der Waals surface area contributed by atoms with Crippen LogP contribution in [0.3, 0.4) is 0 Å². The van der Waals surface area contributed by atoms with Crippen molar-refractivity contribution in [3.05, 3.63) is 48.3 Å². The fourth-order valence-corrected chi connectivity index (χ4v) is 3.95. The first-order valence-corrected chi connectivity index (χ1v) is 9.45. The summed E-state index contributed by atoms with van der Waals surface area (Å²) < 4.78 is 33.6. The largest absolute Gasteiger partial charge is 0.478 e. The summed E-state index contributed by atoms with van der Waals surface area (Å²) in [6.45, 7) is 0. The lowest BCUT2D eigenvalue weighted by Gasteiger charge is -2.17. The van der Waals surface area contributed by atoms with E-state index in [4.69, 9.17) is 11.2 Å². The number of ether oxygens (including phenoxy) is 1. The molecule has 0 bridgehead atoms. The lowest BCUT2D eigenvalue weighted by atomic mass is 10.1. The molecule has 0 radical (unpaired) electrons. The van der Waals surface area contributed by atoms with Gasteiger partial charge >= 0.3 is 0 Å². The molecule has 0 fully saturated rings. The molecular formula is C19H18N4O3S. The number of benzene rings is 2. The van der Waals surface area contributed by atoms with Gasteiger partial charge in [-0.3, -0.25) is 4.72 Å². The van der Waals surface area contributed by atoms with Crippen LogP contribution in [0, 0.1) is 12.3 Å². The molecule has 0 aliphatic heterocycles. The monoisotopic (exact) mass is 382 g/mol. The molecule has 1 heterocycles. The molecule has 138 valence electrons. The van der Waals surface area contributed by atoms with E-state index < -0.39 is 10.0 Å². The number of terminal acetylenes is 1. The summed E-state index contributed by atoms with van der Waals surface area (Å²) in [7, 11) is 1.24. The molecule has 7 nitrogen and oxygen atoms in total. The van der Waals surface area contributed by atoms with Gasteiger partial charge in [-0.25, -0.2) is 13.4 Å². The van der Waals surface area contributed by atoms with Gasteiger partial charge in [0.05, 0.1) is 18.2 Å². The number of aromatic nitrogens is 2. The minimum atomic E-state index is -3.94. The molecule has 8 heteroatoms. The Balaban J connectivity index is 2.12. The van der Waals surface area contributed by atoms with Crippen LogP contribution in [0.4, 0.5) is 11.5 Å². The minimum absolute atomic E-state index is 0.00300. The first-order valence-electron chi connectivity index (χ1n) is 7.97. The molecule has 3 rings (SSSR count). The Morgan fingerprint density at radius 2 is 1.85 bits per heavy atom. The highest BCUT2D eigenvalue weighted by atomic mass is 32.2. The van der Waals surface area contributed by atoms with Gasteiger partial charge in [0.1, 0.15) is 5.69 Å². The average molecular weight is 382 g/mol. The first kappa shape index (κ1) is 18.5.